The first-order valence-electron chi connectivity index (χ1n) is 11.4. The van der Waals surface area contributed by atoms with Crippen LogP contribution in [0.1, 0.15) is 25.7 Å². The van der Waals surface area contributed by atoms with Gasteiger partial charge in [-0.3, -0.25) is 9.48 Å². The predicted octanol–water partition coefficient (Wildman–Crippen LogP) is 3.91. The van der Waals surface area contributed by atoms with Crippen LogP contribution in [0.15, 0.2) is 24.8 Å². The number of aliphatic carboxylic acids is 1. The number of aryl methyl sites for hydroxylation is 1. The monoisotopic (exact) mass is 496 g/mol. The van der Waals surface area contributed by atoms with E-state index in [1.807, 2.05) is 0 Å². The normalized spacial score (nSPS) is 23.6. The van der Waals surface area contributed by atoms with Crippen molar-refractivity contribution in [1.82, 2.24) is 34.7 Å². The molecule has 0 spiro atoms. The maximum absolute atomic E-state index is 15.9. The zero-order valence-corrected chi connectivity index (χ0v) is 19.5. The number of H-pyrrole nitrogens is 1. The molecule has 35 heavy (non-hydrogen) atoms. The summed E-state index contributed by atoms with van der Waals surface area (Å²) in [5.41, 5.74) is 1.98. The highest BCUT2D eigenvalue weighted by Gasteiger charge is 2.47. The van der Waals surface area contributed by atoms with Gasteiger partial charge in [-0.05, 0) is 37.5 Å². The molecule has 180 valence electrons. The van der Waals surface area contributed by atoms with Crippen molar-refractivity contribution >= 4 is 34.6 Å². The lowest BCUT2D eigenvalue weighted by atomic mass is 9.61. The summed E-state index contributed by atoms with van der Waals surface area (Å²) in [6, 6.07) is -0.420. The Morgan fingerprint density at radius 3 is 2.69 bits per heavy atom. The Kier molecular flexibility index (Phi) is 5.17. The topological polar surface area (TPSA) is 134 Å². The summed E-state index contributed by atoms with van der Waals surface area (Å²) < 4.78 is 17.4. The minimum Gasteiger partial charge on any atom is -0.481 e. The number of aromatic nitrogens is 7. The van der Waals surface area contributed by atoms with E-state index in [0.29, 0.717) is 22.3 Å². The molecule has 0 unspecified atom stereocenters. The summed E-state index contributed by atoms with van der Waals surface area (Å²) in [6.07, 6.45) is 9.85. The SMILES string of the molecule is Cn1cc(-c2nc(-c3c[nH]c4ncc(Cl)nc34)nc(N[C@@H]3C4CCC(CC4)[C@H]3C(=O)O)c2F)cn1. The predicted molar refractivity (Wildman–Crippen MR) is 126 cm³/mol. The molecule has 7 rings (SSSR count). The van der Waals surface area contributed by atoms with Crippen LogP contribution in [-0.4, -0.2) is 51.8 Å². The van der Waals surface area contributed by atoms with E-state index in [1.54, 1.807) is 24.1 Å². The number of carbonyl (C=O) groups is 1. The van der Waals surface area contributed by atoms with Crippen LogP contribution in [0.25, 0.3) is 33.8 Å². The molecule has 0 saturated heterocycles. The average Bonchev–Trinajstić information content (AvgIpc) is 3.46. The van der Waals surface area contributed by atoms with Crippen molar-refractivity contribution in [2.45, 2.75) is 31.7 Å². The van der Waals surface area contributed by atoms with Crippen molar-refractivity contribution in [2.75, 3.05) is 5.32 Å². The van der Waals surface area contributed by atoms with Crippen LogP contribution < -0.4 is 5.32 Å². The lowest BCUT2D eigenvalue weighted by molar-refractivity contribution is -0.148. The van der Waals surface area contributed by atoms with Crippen LogP contribution in [0.5, 0.6) is 0 Å². The maximum atomic E-state index is 15.9. The lowest BCUT2D eigenvalue weighted by Gasteiger charge is -2.47. The fourth-order valence-corrected chi connectivity index (χ4v) is 5.74. The highest BCUT2D eigenvalue weighted by molar-refractivity contribution is 6.29. The van der Waals surface area contributed by atoms with Gasteiger partial charge in [0.2, 0.25) is 0 Å². The second-order valence-electron chi connectivity index (χ2n) is 9.26. The molecule has 0 amide bonds. The summed E-state index contributed by atoms with van der Waals surface area (Å²) in [6.45, 7) is 0. The van der Waals surface area contributed by atoms with Crippen LogP contribution in [0, 0.1) is 23.6 Å². The smallest absolute Gasteiger partial charge is 0.308 e. The fraction of sp³-hybridized carbons (Fsp3) is 0.391. The van der Waals surface area contributed by atoms with Gasteiger partial charge >= 0.3 is 5.97 Å². The summed E-state index contributed by atoms with van der Waals surface area (Å²) in [4.78, 5) is 32.7. The molecule has 0 aromatic carbocycles. The Bertz CT molecular complexity index is 1440. The van der Waals surface area contributed by atoms with E-state index in [2.05, 4.69) is 35.3 Å². The molecule has 0 radical (unpaired) electrons. The number of anilines is 1. The fourth-order valence-electron chi connectivity index (χ4n) is 5.61. The molecule has 3 aliphatic carbocycles. The first kappa shape index (κ1) is 21.9. The molecule has 4 aromatic rings. The molecular weight excluding hydrogens is 475 g/mol. The molecule has 12 heteroatoms. The number of carboxylic acid groups (broad SMARTS) is 1. The second-order valence-corrected chi connectivity index (χ2v) is 9.65. The number of hydrogen-bond donors (Lipinski definition) is 3. The number of nitrogens with zero attached hydrogens (tertiary/aromatic N) is 6. The molecule has 4 heterocycles. The van der Waals surface area contributed by atoms with E-state index in [-0.39, 0.29) is 34.3 Å². The van der Waals surface area contributed by atoms with Crippen LogP contribution in [0.3, 0.4) is 0 Å². The van der Waals surface area contributed by atoms with Crippen LogP contribution >= 0.6 is 11.6 Å². The maximum Gasteiger partial charge on any atom is 0.308 e. The van der Waals surface area contributed by atoms with Crippen molar-refractivity contribution in [3.63, 3.8) is 0 Å². The number of aromatic amines is 1. The van der Waals surface area contributed by atoms with Crippen LogP contribution in [0.4, 0.5) is 10.2 Å². The van der Waals surface area contributed by atoms with Crippen molar-refractivity contribution in [2.24, 2.45) is 24.8 Å². The van der Waals surface area contributed by atoms with Gasteiger partial charge in [-0.1, -0.05) is 11.6 Å². The lowest BCUT2D eigenvalue weighted by Crippen LogP contribution is -2.51. The molecule has 2 atom stereocenters. The third kappa shape index (κ3) is 3.70. The van der Waals surface area contributed by atoms with Crippen LogP contribution in [0.2, 0.25) is 5.15 Å². The Balaban J connectivity index is 1.50. The number of hydrogen-bond acceptors (Lipinski definition) is 7. The summed E-state index contributed by atoms with van der Waals surface area (Å²) in [7, 11) is 1.73. The van der Waals surface area contributed by atoms with Crippen molar-refractivity contribution < 1.29 is 14.3 Å². The second kappa shape index (κ2) is 8.26. The van der Waals surface area contributed by atoms with Crippen molar-refractivity contribution in [1.29, 1.82) is 0 Å². The molecule has 3 fully saturated rings. The van der Waals surface area contributed by atoms with Gasteiger partial charge in [-0.25, -0.2) is 24.3 Å². The zero-order valence-electron chi connectivity index (χ0n) is 18.7. The highest BCUT2D eigenvalue weighted by atomic mass is 35.5. The molecule has 2 bridgehead atoms. The molecule has 10 nitrogen and oxygen atoms in total. The molecule has 0 aliphatic heterocycles. The first-order valence-corrected chi connectivity index (χ1v) is 11.8. The molecule has 3 aliphatic rings. The minimum atomic E-state index is -0.861. The Hall–Kier alpha value is -3.60. The van der Waals surface area contributed by atoms with Crippen LogP contribution in [-0.2, 0) is 11.8 Å². The number of carboxylic acids is 1. The van der Waals surface area contributed by atoms with Crippen molar-refractivity contribution in [3.05, 3.63) is 35.8 Å². The highest BCUT2D eigenvalue weighted by Crippen LogP contribution is 2.46. The quantitative estimate of drug-likeness (QED) is 0.378. The van der Waals surface area contributed by atoms with Gasteiger partial charge < -0.3 is 15.4 Å². The van der Waals surface area contributed by atoms with Gasteiger partial charge in [0.05, 0.1) is 23.9 Å². The molecule has 3 N–H and O–H groups in total. The third-order valence-corrected chi connectivity index (χ3v) is 7.41. The third-order valence-electron chi connectivity index (χ3n) is 7.23. The van der Waals surface area contributed by atoms with E-state index in [9.17, 15) is 9.90 Å². The number of rotatable bonds is 5. The number of halogens is 2. The van der Waals surface area contributed by atoms with Gasteiger partial charge in [-0.15, -0.1) is 0 Å². The largest absolute Gasteiger partial charge is 0.481 e. The van der Waals surface area contributed by atoms with E-state index in [4.69, 9.17) is 11.6 Å². The summed E-state index contributed by atoms with van der Waals surface area (Å²) in [5, 5.41) is 17.5. The first-order chi connectivity index (χ1) is 16.9. The average molecular weight is 497 g/mol. The van der Waals surface area contributed by atoms with Gasteiger partial charge in [0, 0.05) is 31.0 Å². The van der Waals surface area contributed by atoms with Gasteiger partial charge in [0.25, 0.3) is 0 Å². The van der Waals surface area contributed by atoms with E-state index < -0.39 is 23.7 Å². The van der Waals surface area contributed by atoms with E-state index >= 15 is 4.39 Å². The Morgan fingerprint density at radius 1 is 1.20 bits per heavy atom. The van der Waals surface area contributed by atoms with E-state index in [1.165, 1.54) is 12.4 Å². The van der Waals surface area contributed by atoms with Gasteiger partial charge in [-0.2, -0.15) is 5.10 Å². The van der Waals surface area contributed by atoms with Gasteiger partial charge in [0.15, 0.2) is 23.1 Å². The zero-order chi connectivity index (χ0) is 24.3. The minimum absolute atomic E-state index is 0.0398. The molecule has 4 aromatic heterocycles. The van der Waals surface area contributed by atoms with Crippen molar-refractivity contribution in [3.8, 4) is 22.6 Å². The molecular formula is C23H22ClFN8O2. The number of nitrogens with one attached hydrogen (secondary N) is 2. The standard InChI is InChI=1S/C23H22ClFN8O2/c1-33-9-12(6-28-33)18-16(25)21(30-17-11-4-2-10(3-5-11)15(17)23(34)35)32-20(31-18)13-7-26-22-19(13)29-14(24)8-27-22/h6-11,15,17H,2-5H2,1H3,(H,26,27)(H,34,35)(H,30,31,32)/t10?,11?,15-,17-/m1/s1. The van der Waals surface area contributed by atoms with E-state index in [0.717, 1.165) is 25.7 Å². The molecule has 3 saturated carbocycles. The Labute approximate surface area is 204 Å². The number of fused-ring (bicyclic) bond motifs is 4. The Morgan fingerprint density at radius 2 is 1.97 bits per heavy atom. The van der Waals surface area contributed by atoms with Gasteiger partial charge in [0.1, 0.15) is 16.4 Å². The summed E-state index contributed by atoms with van der Waals surface area (Å²) >= 11 is 6.06. The summed E-state index contributed by atoms with van der Waals surface area (Å²) in [5.74, 6) is -1.73.